The second kappa shape index (κ2) is 16.4. The predicted octanol–water partition coefficient (Wildman–Crippen LogP) is 14.8. The molecule has 6 nitrogen and oxygen atoms in total. The van der Waals surface area contributed by atoms with Crippen molar-refractivity contribution in [2.75, 3.05) is 0 Å². The molecule has 0 bridgehead atoms. The molecule has 0 radical (unpaired) electrons. The smallest absolute Gasteiger partial charge is 0.152 e. The monoisotopic (exact) mass is 1040 g/mol. The Labute approximate surface area is 399 Å². The number of imidazole rings is 2. The molecule has 3 heterocycles. The standard InChI is InChI=1S/C59H48N5O.Pt/c1-58(2,3)41-30-32-44(45(35-41)37-18-9-7-10-19-37)56-61-48-26-17-29-52(65)53(48)57-62-54-43(24-16-28-51(54)64(56)57)39-22-15-23-40(34-39)55-60-47-25-13-14-27-50(47)63(55)49-33-31-42(59(4,5)6)36-46(49)38-20-11-8-12-21-38;/h7-33,35-36,65H,1-6H3;/q-1;. The van der Waals surface area contributed by atoms with Crippen molar-refractivity contribution in [1.29, 1.82) is 0 Å². The second-order valence-electron chi connectivity index (χ2n) is 19.0. The average molecular weight is 1040 g/mol. The number of fused-ring (bicyclic) bond motifs is 6. The first-order valence-corrected chi connectivity index (χ1v) is 22.3. The number of rotatable bonds is 6. The molecule has 11 aromatic rings. The number of para-hydroxylation sites is 3. The molecule has 0 unspecified atom stereocenters. The van der Waals surface area contributed by atoms with Gasteiger partial charge in [-0.1, -0.05) is 162 Å². The Balaban J connectivity index is 0.00000511. The molecule has 8 aromatic carbocycles. The molecule has 0 fully saturated rings. The molecule has 0 amide bonds. The number of hydrogen-bond acceptors (Lipinski definition) is 4. The molecular formula is C59H48N5OPt-. The van der Waals surface area contributed by atoms with E-state index in [-0.39, 0.29) is 37.6 Å². The quantitative estimate of drug-likeness (QED) is 0.169. The largest absolute Gasteiger partial charge is 0.507 e. The normalized spacial score (nSPS) is 12.0. The van der Waals surface area contributed by atoms with Crippen LogP contribution in [-0.2, 0) is 31.9 Å². The van der Waals surface area contributed by atoms with Crippen molar-refractivity contribution in [2.24, 2.45) is 0 Å². The summed E-state index contributed by atoms with van der Waals surface area (Å²) in [5.74, 6) is 1.67. The Morgan fingerprint density at radius 1 is 0.470 bits per heavy atom. The topological polar surface area (TPSA) is 68.2 Å². The fourth-order valence-corrected chi connectivity index (χ4v) is 9.21. The third-order valence-electron chi connectivity index (χ3n) is 12.7. The maximum absolute atomic E-state index is 11.5. The summed E-state index contributed by atoms with van der Waals surface area (Å²) in [6.07, 6.45) is 0. The Morgan fingerprint density at radius 3 is 1.77 bits per heavy atom. The zero-order chi connectivity index (χ0) is 44.6. The Morgan fingerprint density at radius 2 is 1.05 bits per heavy atom. The number of hydrogen-bond donors (Lipinski definition) is 1. The van der Waals surface area contributed by atoms with Gasteiger partial charge in [-0.15, -0.1) is 29.8 Å². The Hall–Kier alpha value is -7.14. The molecule has 1 N–H and O–H groups in total. The van der Waals surface area contributed by atoms with Crippen molar-refractivity contribution in [3.05, 3.63) is 193 Å². The van der Waals surface area contributed by atoms with E-state index in [1.165, 1.54) is 11.1 Å². The van der Waals surface area contributed by atoms with Gasteiger partial charge in [0.05, 0.1) is 38.8 Å². The molecule has 0 saturated heterocycles. The van der Waals surface area contributed by atoms with E-state index in [1.54, 1.807) is 6.07 Å². The first kappa shape index (κ1) is 42.8. The van der Waals surface area contributed by atoms with Gasteiger partial charge in [0.1, 0.15) is 11.6 Å². The molecule has 0 aliphatic rings. The van der Waals surface area contributed by atoms with Crippen molar-refractivity contribution < 1.29 is 26.2 Å². The summed E-state index contributed by atoms with van der Waals surface area (Å²) in [4.78, 5) is 16.1. The van der Waals surface area contributed by atoms with Crippen LogP contribution in [0.15, 0.2) is 176 Å². The minimum atomic E-state index is -0.0629. The van der Waals surface area contributed by atoms with Gasteiger partial charge in [0.15, 0.2) is 5.65 Å². The molecule has 0 saturated carbocycles. The molecule has 0 aliphatic carbocycles. The van der Waals surface area contributed by atoms with Crippen LogP contribution in [0, 0.1) is 6.07 Å². The Bertz CT molecular complexity index is 3630. The summed E-state index contributed by atoms with van der Waals surface area (Å²) in [5, 5.41) is 12.1. The van der Waals surface area contributed by atoms with Crippen LogP contribution in [-0.4, -0.2) is 29.0 Å². The van der Waals surface area contributed by atoms with E-state index in [0.717, 1.165) is 83.9 Å². The van der Waals surface area contributed by atoms with Gasteiger partial charge in [0.25, 0.3) is 0 Å². The zero-order valence-electron chi connectivity index (χ0n) is 37.7. The predicted molar refractivity (Wildman–Crippen MR) is 268 cm³/mol. The van der Waals surface area contributed by atoms with Crippen LogP contribution in [0.25, 0.3) is 100 Å². The number of aromatic hydroxyl groups is 1. The third-order valence-corrected chi connectivity index (χ3v) is 12.7. The van der Waals surface area contributed by atoms with Gasteiger partial charge in [-0.2, -0.15) is 0 Å². The Kier molecular flexibility index (Phi) is 10.6. The first-order chi connectivity index (χ1) is 31.4. The maximum atomic E-state index is 11.5. The summed E-state index contributed by atoms with van der Waals surface area (Å²) in [7, 11) is 0. The second-order valence-corrected chi connectivity index (χ2v) is 19.0. The number of nitrogens with zero attached hydrogens (tertiary/aromatic N) is 5. The van der Waals surface area contributed by atoms with Crippen LogP contribution in [0.1, 0.15) is 52.7 Å². The maximum Gasteiger partial charge on any atom is 0.152 e. The van der Waals surface area contributed by atoms with Gasteiger partial charge in [0.2, 0.25) is 0 Å². The number of phenolic OH excluding ortho intramolecular Hbond substituents is 1. The van der Waals surface area contributed by atoms with Crippen LogP contribution in [0.2, 0.25) is 0 Å². The molecule has 0 spiro atoms. The van der Waals surface area contributed by atoms with Crippen molar-refractivity contribution in [1.82, 2.24) is 23.9 Å². The number of benzene rings is 8. The van der Waals surface area contributed by atoms with Crippen molar-refractivity contribution in [3.8, 4) is 67.6 Å². The fraction of sp³-hybridized carbons (Fsp3) is 0.136. The van der Waals surface area contributed by atoms with E-state index in [4.69, 9.17) is 15.0 Å². The van der Waals surface area contributed by atoms with Gasteiger partial charge in [0, 0.05) is 37.9 Å². The van der Waals surface area contributed by atoms with Crippen molar-refractivity contribution in [3.63, 3.8) is 0 Å². The molecule has 11 rings (SSSR count). The zero-order valence-corrected chi connectivity index (χ0v) is 40.0. The summed E-state index contributed by atoms with van der Waals surface area (Å²) < 4.78 is 4.41. The van der Waals surface area contributed by atoms with Gasteiger partial charge < -0.3 is 9.67 Å². The van der Waals surface area contributed by atoms with Gasteiger partial charge in [-0.25, -0.2) is 9.97 Å². The van der Waals surface area contributed by atoms with Gasteiger partial charge in [-0.05, 0) is 87.2 Å². The molecule has 326 valence electrons. The minimum absolute atomic E-state index is 0. The molecule has 0 aliphatic heterocycles. The van der Waals surface area contributed by atoms with E-state index in [1.807, 2.05) is 24.3 Å². The van der Waals surface area contributed by atoms with Crippen LogP contribution >= 0.6 is 0 Å². The number of aromatic nitrogens is 5. The molecule has 0 atom stereocenters. The SMILES string of the molecule is CC(C)(C)c1ccc(-c2nc3cccc(O)c3c3nc4c(-c5[c-]c(-c6nc7ccccc7n6-c6ccc(C(C)(C)C)cc6-c6ccccc6)ccc5)cccc4n23)c(-c2ccccc2)c1.[Pt]. The third kappa shape index (κ3) is 7.30. The van der Waals surface area contributed by atoms with E-state index in [0.29, 0.717) is 16.6 Å². The van der Waals surface area contributed by atoms with E-state index >= 15 is 0 Å². The van der Waals surface area contributed by atoms with Gasteiger partial charge in [-0.3, -0.25) is 9.38 Å². The van der Waals surface area contributed by atoms with E-state index in [2.05, 4.69) is 202 Å². The van der Waals surface area contributed by atoms with E-state index < -0.39 is 0 Å². The summed E-state index contributed by atoms with van der Waals surface area (Å²) in [5.41, 5.74) is 16.4. The minimum Gasteiger partial charge on any atom is -0.507 e. The number of phenols is 1. The summed E-state index contributed by atoms with van der Waals surface area (Å²) in [6.45, 7) is 13.5. The van der Waals surface area contributed by atoms with Crippen LogP contribution in [0.3, 0.4) is 0 Å². The van der Waals surface area contributed by atoms with Crippen LogP contribution in [0.5, 0.6) is 5.75 Å². The molecule has 3 aromatic heterocycles. The summed E-state index contributed by atoms with van der Waals surface area (Å²) in [6, 6.07) is 64.9. The van der Waals surface area contributed by atoms with E-state index in [9.17, 15) is 5.11 Å². The molecule has 7 heteroatoms. The molecular weight excluding hydrogens is 990 g/mol. The van der Waals surface area contributed by atoms with Crippen molar-refractivity contribution in [2.45, 2.75) is 52.4 Å². The fourth-order valence-electron chi connectivity index (χ4n) is 9.21. The van der Waals surface area contributed by atoms with Gasteiger partial charge >= 0.3 is 0 Å². The summed E-state index contributed by atoms with van der Waals surface area (Å²) >= 11 is 0. The van der Waals surface area contributed by atoms with Crippen molar-refractivity contribution >= 4 is 38.6 Å². The average Bonchev–Trinajstić information content (AvgIpc) is 3.91. The van der Waals surface area contributed by atoms with Crippen LogP contribution in [0.4, 0.5) is 0 Å². The van der Waals surface area contributed by atoms with Crippen LogP contribution < -0.4 is 0 Å². The molecule has 66 heavy (non-hydrogen) atoms. The first-order valence-electron chi connectivity index (χ1n) is 22.3.